The van der Waals surface area contributed by atoms with Gasteiger partial charge in [-0.1, -0.05) is 31.2 Å². The molecular weight excluding hydrogens is 654 g/mol. The van der Waals surface area contributed by atoms with Crippen molar-refractivity contribution < 1.29 is 19.4 Å². The number of nitriles is 1. The van der Waals surface area contributed by atoms with E-state index in [1.807, 2.05) is 63.4 Å². The smallest absolute Gasteiger partial charge is 0.307 e. The minimum Gasteiger partial charge on any atom is -0.481 e. The Morgan fingerprint density at radius 3 is 2.52 bits per heavy atom. The monoisotopic (exact) mass is 695 g/mol. The summed E-state index contributed by atoms with van der Waals surface area (Å²) in [5.41, 5.74) is 10.7. The van der Waals surface area contributed by atoms with Gasteiger partial charge in [0, 0.05) is 37.1 Å². The van der Waals surface area contributed by atoms with Crippen LogP contribution in [-0.4, -0.2) is 60.7 Å². The number of aliphatic hydroxyl groups excluding tert-OH is 1. The van der Waals surface area contributed by atoms with Crippen LogP contribution in [0.3, 0.4) is 0 Å². The fourth-order valence-corrected chi connectivity index (χ4v) is 7.07. The van der Waals surface area contributed by atoms with Gasteiger partial charge in [-0.2, -0.15) is 5.26 Å². The average molecular weight is 696 g/mol. The third-order valence-corrected chi connectivity index (χ3v) is 10.1. The molecule has 52 heavy (non-hydrogen) atoms. The normalized spacial score (nSPS) is 15.3. The zero-order valence-electron chi connectivity index (χ0n) is 29.8. The van der Waals surface area contributed by atoms with Gasteiger partial charge < -0.3 is 19.9 Å². The quantitative estimate of drug-likeness (QED) is 0.123. The first kappa shape index (κ1) is 34.7. The second-order valence-electron chi connectivity index (χ2n) is 13.9. The van der Waals surface area contributed by atoms with E-state index in [1.165, 1.54) is 0 Å². The van der Waals surface area contributed by atoms with Crippen LogP contribution in [-0.2, 0) is 17.8 Å². The standard InChI is InChI=1S/C41H41N7O4/c1-23(22-49)11-12-27-16-35-37(43-19-27)39(45-26(4)44-35)46-34-10-6-8-32(25(34)3)31-7-5-9-33(24(31)2)40-47-36-17-28(15-30(18-42)38(36)52-40)20-48-14-13-29(21-48)41(50)51/h5-10,15-17,19,23,29,49H,11-14,20-22H2,1-4H3,(H,50,51)(H,44,45,46)/t23-,29-/m1/s1. The first-order chi connectivity index (χ1) is 25.1. The third kappa shape index (κ3) is 6.95. The number of hydrogen-bond donors (Lipinski definition) is 3. The number of carbonyl (C=O) groups is 1. The van der Waals surface area contributed by atoms with Gasteiger partial charge in [0.2, 0.25) is 5.89 Å². The lowest BCUT2D eigenvalue weighted by molar-refractivity contribution is -0.141. The number of rotatable bonds is 11. The van der Waals surface area contributed by atoms with Crippen LogP contribution in [0.15, 0.2) is 65.2 Å². The molecule has 1 saturated heterocycles. The Hall–Kier alpha value is -5.70. The maximum atomic E-state index is 11.5. The van der Waals surface area contributed by atoms with Crippen LogP contribution in [0.5, 0.6) is 0 Å². The number of oxazole rings is 1. The number of nitrogens with zero attached hydrogens (tertiary/aromatic N) is 6. The van der Waals surface area contributed by atoms with Crippen molar-refractivity contribution in [1.29, 1.82) is 5.26 Å². The molecule has 0 bridgehead atoms. The third-order valence-electron chi connectivity index (χ3n) is 10.1. The Bertz CT molecular complexity index is 2360. The summed E-state index contributed by atoms with van der Waals surface area (Å²) < 4.78 is 6.28. The Kier molecular flexibility index (Phi) is 9.69. The van der Waals surface area contributed by atoms with Crippen LogP contribution in [0, 0.1) is 43.9 Å². The van der Waals surface area contributed by atoms with Gasteiger partial charge in [-0.3, -0.25) is 14.7 Å². The number of aromatic nitrogens is 4. The maximum absolute atomic E-state index is 11.5. The van der Waals surface area contributed by atoms with Crippen molar-refractivity contribution in [2.75, 3.05) is 25.0 Å². The summed E-state index contributed by atoms with van der Waals surface area (Å²) in [6.45, 7) is 9.92. The van der Waals surface area contributed by atoms with Crippen LogP contribution in [0.2, 0.25) is 0 Å². The molecule has 0 radical (unpaired) electrons. The minimum absolute atomic E-state index is 0.165. The molecule has 0 unspecified atom stereocenters. The van der Waals surface area contributed by atoms with Crippen LogP contribution < -0.4 is 5.32 Å². The lowest BCUT2D eigenvalue weighted by Gasteiger charge is -2.17. The van der Waals surface area contributed by atoms with E-state index in [2.05, 4.69) is 46.4 Å². The van der Waals surface area contributed by atoms with Gasteiger partial charge in [-0.15, -0.1) is 0 Å². The van der Waals surface area contributed by atoms with E-state index in [1.54, 1.807) is 0 Å². The number of likely N-dealkylation sites (tertiary alicyclic amines) is 1. The highest BCUT2D eigenvalue weighted by Crippen LogP contribution is 2.38. The molecule has 0 saturated carbocycles. The molecule has 6 aromatic rings. The number of aryl methyl sites for hydroxylation is 2. The molecule has 0 spiro atoms. The summed E-state index contributed by atoms with van der Waals surface area (Å²) in [6.07, 6.45) is 4.17. The van der Waals surface area contributed by atoms with Gasteiger partial charge in [0.1, 0.15) is 22.9 Å². The molecule has 7 rings (SSSR count). The van der Waals surface area contributed by atoms with Crippen molar-refractivity contribution in [2.45, 2.75) is 53.5 Å². The fraction of sp³-hybridized carbons (Fsp3) is 0.317. The van der Waals surface area contributed by atoms with Crippen LogP contribution in [0.4, 0.5) is 11.5 Å². The van der Waals surface area contributed by atoms with E-state index in [4.69, 9.17) is 19.4 Å². The molecular formula is C41H41N7O4. The molecule has 1 aliphatic rings. The number of aliphatic hydroxyl groups is 1. The second-order valence-corrected chi connectivity index (χ2v) is 13.9. The molecule has 3 aromatic heterocycles. The lowest BCUT2D eigenvalue weighted by atomic mass is 9.93. The molecule has 3 N–H and O–H groups in total. The highest BCUT2D eigenvalue weighted by Gasteiger charge is 2.28. The number of fused-ring (bicyclic) bond motifs is 2. The van der Waals surface area contributed by atoms with Gasteiger partial charge >= 0.3 is 5.97 Å². The van der Waals surface area contributed by atoms with Crippen molar-refractivity contribution in [3.8, 4) is 28.7 Å². The van der Waals surface area contributed by atoms with Crippen molar-refractivity contribution in [2.24, 2.45) is 11.8 Å². The molecule has 0 amide bonds. The Morgan fingerprint density at radius 2 is 1.77 bits per heavy atom. The topological polar surface area (TPSA) is 161 Å². The molecule has 11 heteroatoms. The number of anilines is 2. The number of nitrogens with one attached hydrogen (secondary N) is 1. The zero-order valence-corrected chi connectivity index (χ0v) is 29.8. The van der Waals surface area contributed by atoms with Crippen molar-refractivity contribution in [3.05, 3.63) is 94.4 Å². The average Bonchev–Trinajstić information content (AvgIpc) is 3.79. The highest BCUT2D eigenvalue weighted by molar-refractivity contribution is 5.90. The molecule has 4 heterocycles. The number of carboxylic acids is 1. The molecule has 0 aliphatic carbocycles. The summed E-state index contributed by atoms with van der Waals surface area (Å²) in [7, 11) is 0. The fourth-order valence-electron chi connectivity index (χ4n) is 7.07. The van der Waals surface area contributed by atoms with E-state index in [9.17, 15) is 20.3 Å². The zero-order chi connectivity index (χ0) is 36.5. The van der Waals surface area contributed by atoms with Gasteiger partial charge in [-0.05, 0) is 116 Å². The molecule has 1 aliphatic heterocycles. The van der Waals surface area contributed by atoms with Crippen molar-refractivity contribution >= 4 is 39.6 Å². The Morgan fingerprint density at radius 1 is 1.02 bits per heavy atom. The van der Waals surface area contributed by atoms with E-state index in [0.29, 0.717) is 65.8 Å². The molecule has 3 aromatic carbocycles. The lowest BCUT2D eigenvalue weighted by Crippen LogP contribution is -2.22. The Balaban J connectivity index is 1.18. The SMILES string of the molecule is Cc1nc(Nc2cccc(-c3cccc(-c4nc5cc(CN6CC[C@@H](C(=O)O)C6)cc(C#N)c5o4)c3C)c2C)c2ncc(CC[C@@H](C)CO)cc2n1. The largest absolute Gasteiger partial charge is 0.481 e. The molecule has 264 valence electrons. The number of hydrogen-bond acceptors (Lipinski definition) is 10. The van der Waals surface area contributed by atoms with E-state index >= 15 is 0 Å². The van der Waals surface area contributed by atoms with Crippen LogP contribution in [0.1, 0.15) is 53.4 Å². The highest BCUT2D eigenvalue weighted by atomic mass is 16.4. The summed E-state index contributed by atoms with van der Waals surface area (Å²) in [5.74, 6) is 0.794. The molecule has 1 fully saturated rings. The number of benzene rings is 3. The summed E-state index contributed by atoms with van der Waals surface area (Å²) in [4.78, 5) is 32.6. The molecule has 2 atom stereocenters. The first-order valence-electron chi connectivity index (χ1n) is 17.6. The Labute approximate surface area is 302 Å². The van der Waals surface area contributed by atoms with E-state index < -0.39 is 5.97 Å². The van der Waals surface area contributed by atoms with Gasteiger partial charge in [0.25, 0.3) is 0 Å². The predicted octanol–water partition coefficient (Wildman–Crippen LogP) is 7.51. The van der Waals surface area contributed by atoms with E-state index in [0.717, 1.165) is 63.0 Å². The number of pyridine rings is 1. The van der Waals surface area contributed by atoms with Crippen molar-refractivity contribution in [1.82, 2.24) is 24.8 Å². The van der Waals surface area contributed by atoms with Gasteiger partial charge in [0.05, 0.1) is 17.0 Å². The molecule has 11 nitrogen and oxygen atoms in total. The maximum Gasteiger partial charge on any atom is 0.307 e. The van der Waals surface area contributed by atoms with Gasteiger partial charge in [-0.25, -0.2) is 15.0 Å². The minimum atomic E-state index is -0.769. The summed E-state index contributed by atoms with van der Waals surface area (Å²) in [5, 5.41) is 32.4. The number of carboxylic acid groups (broad SMARTS) is 1. The second kappa shape index (κ2) is 14.5. The van der Waals surface area contributed by atoms with Crippen LogP contribution >= 0.6 is 0 Å². The number of aliphatic carboxylic acids is 1. The predicted molar refractivity (Wildman–Crippen MR) is 200 cm³/mol. The van der Waals surface area contributed by atoms with Crippen molar-refractivity contribution in [3.63, 3.8) is 0 Å². The summed E-state index contributed by atoms with van der Waals surface area (Å²) >= 11 is 0. The van der Waals surface area contributed by atoms with Gasteiger partial charge in [0.15, 0.2) is 11.4 Å². The van der Waals surface area contributed by atoms with E-state index in [-0.39, 0.29) is 18.4 Å². The van der Waals surface area contributed by atoms with Crippen LogP contribution in [0.25, 0.3) is 44.7 Å². The first-order valence-corrected chi connectivity index (χ1v) is 17.6. The summed E-state index contributed by atoms with van der Waals surface area (Å²) in [6, 6.07) is 20.2.